The van der Waals surface area contributed by atoms with Crippen molar-refractivity contribution in [3.05, 3.63) is 35.9 Å². The van der Waals surface area contributed by atoms with Crippen molar-refractivity contribution in [2.45, 2.75) is 46.1 Å². The van der Waals surface area contributed by atoms with Crippen LogP contribution in [0.4, 0.5) is 0 Å². The van der Waals surface area contributed by atoms with Crippen LogP contribution in [0.2, 0.25) is 0 Å². The molecular weight excluding hydrogens is 264 g/mol. The lowest BCUT2D eigenvalue weighted by molar-refractivity contribution is -0.140. The zero-order valence-corrected chi connectivity index (χ0v) is 13.6. The maximum atomic E-state index is 12.8. The zero-order chi connectivity index (χ0) is 16.0. The van der Waals surface area contributed by atoms with Crippen LogP contribution in [-0.4, -0.2) is 35.8 Å². The van der Waals surface area contributed by atoms with Gasteiger partial charge in [-0.05, 0) is 40.2 Å². The van der Waals surface area contributed by atoms with Gasteiger partial charge in [-0.1, -0.05) is 30.3 Å². The summed E-state index contributed by atoms with van der Waals surface area (Å²) in [5, 5.41) is 2.82. The number of hydrogen-bond donors (Lipinski definition) is 1. The van der Waals surface area contributed by atoms with Crippen LogP contribution in [0.25, 0.3) is 0 Å². The van der Waals surface area contributed by atoms with E-state index >= 15 is 0 Å². The lowest BCUT2D eigenvalue weighted by atomic mass is 9.83. The Bertz CT molecular complexity index is 481. The fraction of sp³-hybridized carbons (Fsp3) is 0.529. The maximum absolute atomic E-state index is 12.8. The van der Waals surface area contributed by atoms with Crippen molar-refractivity contribution in [2.75, 3.05) is 13.1 Å². The van der Waals surface area contributed by atoms with E-state index in [0.717, 1.165) is 5.56 Å². The van der Waals surface area contributed by atoms with E-state index in [1.54, 1.807) is 4.90 Å². The van der Waals surface area contributed by atoms with Crippen molar-refractivity contribution >= 4 is 11.8 Å². The lowest BCUT2D eigenvalue weighted by Gasteiger charge is -2.31. The molecule has 0 bridgehead atoms. The SMILES string of the molecule is CCN(CC(=O)NC(C)C)C(=O)C(C)(C)c1ccccc1. The molecule has 0 unspecified atom stereocenters. The lowest BCUT2D eigenvalue weighted by Crippen LogP contribution is -2.48. The van der Waals surface area contributed by atoms with Crippen molar-refractivity contribution in [3.8, 4) is 0 Å². The normalized spacial score (nSPS) is 11.3. The number of nitrogens with zero attached hydrogens (tertiary/aromatic N) is 1. The van der Waals surface area contributed by atoms with Crippen LogP contribution in [-0.2, 0) is 15.0 Å². The number of benzene rings is 1. The molecule has 1 aromatic rings. The van der Waals surface area contributed by atoms with E-state index in [1.165, 1.54) is 0 Å². The smallest absolute Gasteiger partial charge is 0.239 e. The van der Waals surface area contributed by atoms with Gasteiger partial charge in [0.05, 0.1) is 12.0 Å². The third-order valence-electron chi connectivity index (χ3n) is 3.48. The zero-order valence-electron chi connectivity index (χ0n) is 13.6. The molecule has 0 saturated heterocycles. The molecule has 0 saturated carbocycles. The quantitative estimate of drug-likeness (QED) is 0.874. The summed E-state index contributed by atoms with van der Waals surface area (Å²) in [7, 11) is 0. The molecule has 0 radical (unpaired) electrons. The molecule has 0 aromatic heterocycles. The molecule has 1 N–H and O–H groups in total. The Morgan fingerprint density at radius 3 is 2.24 bits per heavy atom. The van der Waals surface area contributed by atoms with Crippen molar-refractivity contribution in [2.24, 2.45) is 0 Å². The van der Waals surface area contributed by atoms with Crippen LogP contribution in [0.1, 0.15) is 40.2 Å². The minimum atomic E-state index is -0.643. The summed E-state index contributed by atoms with van der Waals surface area (Å²) in [6.45, 7) is 10.1. The summed E-state index contributed by atoms with van der Waals surface area (Å²) < 4.78 is 0. The minimum Gasteiger partial charge on any atom is -0.352 e. The third-order valence-corrected chi connectivity index (χ3v) is 3.48. The molecule has 0 aliphatic rings. The van der Waals surface area contributed by atoms with E-state index in [9.17, 15) is 9.59 Å². The second kappa shape index (κ2) is 7.25. The van der Waals surface area contributed by atoms with E-state index in [0.29, 0.717) is 6.54 Å². The van der Waals surface area contributed by atoms with Gasteiger partial charge in [0.25, 0.3) is 0 Å². The molecule has 1 aromatic carbocycles. The predicted molar refractivity (Wildman–Crippen MR) is 85.0 cm³/mol. The van der Waals surface area contributed by atoms with Gasteiger partial charge in [-0.2, -0.15) is 0 Å². The molecular formula is C17H26N2O2. The maximum Gasteiger partial charge on any atom is 0.239 e. The fourth-order valence-electron chi connectivity index (χ4n) is 2.24. The van der Waals surface area contributed by atoms with Gasteiger partial charge in [0, 0.05) is 12.6 Å². The van der Waals surface area contributed by atoms with Crippen molar-refractivity contribution in [3.63, 3.8) is 0 Å². The van der Waals surface area contributed by atoms with Gasteiger partial charge in [-0.3, -0.25) is 9.59 Å². The summed E-state index contributed by atoms with van der Waals surface area (Å²) in [6, 6.07) is 9.74. The van der Waals surface area contributed by atoms with E-state index < -0.39 is 5.41 Å². The number of hydrogen-bond acceptors (Lipinski definition) is 2. The van der Waals surface area contributed by atoms with E-state index in [2.05, 4.69) is 5.32 Å². The number of likely N-dealkylation sites (N-methyl/N-ethyl adjacent to an activating group) is 1. The highest BCUT2D eigenvalue weighted by Crippen LogP contribution is 2.25. The second-order valence-corrected chi connectivity index (χ2v) is 6.03. The van der Waals surface area contributed by atoms with Gasteiger partial charge in [-0.15, -0.1) is 0 Å². The number of carbonyl (C=O) groups is 2. The van der Waals surface area contributed by atoms with E-state index in [1.807, 2.05) is 65.0 Å². The monoisotopic (exact) mass is 290 g/mol. The van der Waals surface area contributed by atoms with Crippen LogP contribution < -0.4 is 5.32 Å². The van der Waals surface area contributed by atoms with Gasteiger partial charge in [0.2, 0.25) is 11.8 Å². The highest BCUT2D eigenvalue weighted by atomic mass is 16.2. The Hall–Kier alpha value is -1.84. The number of amides is 2. The Balaban J connectivity index is 2.85. The van der Waals surface area contributed by atoms with Crippen LogP contribution in [0, 0.1) is 0 Å². The van der Waals surface area contributed by atoms with Crippen LogP contribution in [0.3, 0.4) is 0 Å². The first-order chi connectivity index (χ1) is 9.78. The first-order valence-corrected chi connectivity index (χ1v) is 7.43. The third kappa shape index (κ3) is 4.59. The predicted octanol–water partition coefficient (Wildman–Crippen LogP) is 2.34. The molecule has 0 heterocycles. The summed E-state index contributed by atoms with van der Waals surface area (Å²) in [5.74, 6) is -0.154. The Labute approximate surface area is 127 Å². The average molecular weight is 290 g/mol. The minimum absolute atomic E-state index is 0.0323. The number of carbonyl (C=O) groups excluding carboxylic acids is 2. The molecule has 4 nitrogen and oxygen atoms in total. The Morgan fingerprint density at radius 2 is 1.76 bits per heavy atom. The summed E-state index contributed by atoms with van der Waals surface area (Å²) in [5.41, 5.74) is 0.313. The molecule has 0 aliphatic carbocycles. The highest BCUT2D eigenvalue weighted by molar-refractivity contribution is 5.91. The largest absolute Gasteiger partial charge is 0.352 e. The van der Waals surface area contributed by atoms with Crippen molar-refractivity contribution in [1.29, 1.82) is 0 Å². The molecule has 2 amide bonds. The number of rotatable bonds is 6. The molecule has 21 heavy (non-hydrogen) atoms. The van der Waals surface area contributed by atoms with E-state index in [4.69, 9.17) is 0 Å². The van der Waals surface area contributed by atoms with Gasteiger partial charge in [-0.25, -0.2) is 0 Å². The van der Waals surface area contributed by atoms with Gasteiger partial charge < -0.3 is 10.2 Å². The molecule has 4 heteroatoms. The standard InChI is InChI=1S/C17H26N2O2/c1-6-19(12-15(20)18-13(2)3)16(21)17(4,5)14-10-8-7-9-11-14/h7-11,13H,6,12H2,1-5H3,(H,18,20). The molecule has 0 atom stereocenters. The number of nitrogens with one attached hydrogen (secondary N) is 1. The summed E-state index contributed by atoms with van der Waals surface area (Å²) >= 11 is 0. The molecule has 116 valence electrons. The highest BCUT2D eigenvalue weighted by Gasteiger charge is 2.33. The second-order valence-electron chi connectivity index (χ2n) is 6.03. The summed E-state index contributed by atoms with van der Waals surface area (Å²) in [4.78, 5) is 26.3. The first kappa shape index (κ1) is 17.2. The molecule has 0 fully saturated rings. The first-order valence-electron chi connectivity index (χ1n) is 7.43. The molecule has 0 spiro atoms. The van der Waals surface area contributed by atoms with Crippen molar-refractivity contribution < 1.29 is 9.59 Å². The Morgan fingerprint density at radius 1 is 1.19 bits per heavy atom. The van der Waals surface area contributed by atoms with Crippen LogP contribution >= 0.6 is 0 Å². The Kier molecular flexibility index (Phi) is 5.94. The fourth-order valence-corrected chi connectivity index (χ4v) is 2.24. The molecule has 1 rings (SSSR count). The van der Waals surface area contributed by atoms with Crippen LogP contribution in [0.15, 0.2) is 30.3 Å². The topological polar surface area (TPSA) is 49.4 Å². The van der Waals surface area contributed by atoms with Crippen LogP contribution in [0.5, 0.6) is 0 Å². The van der Waals surface area contributed by atoms with Gasteiger partial charge in [0.1, 0.15) is 0 Å². The van der Waals surface area contributed by atoms with Crippen molar-refractivity contribution in [1.82, 2.24) is 10.2 Å². The van der Waals surface area contributed by atoms with Gasteiger partial charge in [0.15, 0.2) is 0 Å². The summed E-state index contributed by atoms with van der Waals surface area (Å²) in [6.07, 6.45) is 0. The van der Waals surface area contributed by atoms with E-state index in [-0.39, 0.29) is 24.4 Å². The average Bonchev–Trinajstić information content (AvgIpc) is 2.44. The molecule has 0 aliphatic heterocycles. The van der Waals surface area contributed by atoms with Gasteiger partial charge >= 0.3 is 0 Å².